The zero-order chi connectivity index (χ0) is 14.1. The van der Waals surface area contributed by atoms with Gasteiger partial charge in [0.1, 0.15) is 5.75 Å². The normalized spacial score (nSPS) is 14.1. The molecule has 0 amide bonds. The van der Waals surface area contributed by atoms with Crippen LogP contribution in [0.2, 0.25) is 0 Å². The highest BCUT2D eigenvalue weighted by atomic mass is 32.2. The molecule has 0 fully saturated rings. The summed E-state index contributed by atoms with van der Waals surface area (Å²) in [6.45, 7) is 5.33. The Labute approximate surface area is 119 Å². The summed E-state index contributed by atoms with van der Waals surface area (Å²) in [5, 5.41) is 3.39. The topological polar surface area (TPSA) is 38.3 Å². The lowest BCUT2D eigenvalue weighted by atomic mass is 10.1. The van der Waals surface area contributed by atoms with Crippen LogP contribution in [0.3, 0.4) is 0 Å². The van der Waals surface area contributed by atoms with E-state index in [0.29, 0.717) is 6.04 Å². The summed E-state index contributed by atoms with van der Waals surface area (Å²) < 4.78 is 17.2. The smallest absolute Gasteiger partial charge is 0.118 e. The van der Waals surface area contributed by atoms with Gasteiger partial charge in [-0.05, 0) is 50.6 Å². The fraction of sp³-hybridized carbons (Fsp3) is 0.600. The second kappa shape index (κ2) is 9.10. The van der Waals surface area contributed by atoms with Crippen LogP contribution in [0.1, 0.15) is 33.1 Å². The lowest BCUT2D eigenvalue weighted by molar-refractivity contribution is 0.414. The summed E-state index contributed by atoms with van der Waals surface area (Å²) >= 11 is 0. The van der Waals surface area contributed by atoms with Crippen molar-refractivity contribution in [3.8, 4) is 5.75 Å². The molecule has 0 aromatic heterocycles. The first kappa shape index (κ1) is 16.2. The third-order valence-electron chi connectivity index (χ3n) is 3.09. The van der Waals surface area contributed by atoms with Gasteiger partial charge in [0.2, 0.25) is 0 Å². The third kappa shape index (κ3) is 6.21. The van der Waals surface area contributed by atoms with Crippen LogP contribution >= 0.6 is 0 Å². The summed E-state index contributed by atoms with van der Waals surface area (Å²) in [5.41, 5.74) is 0. The van der Waals surface area contributed by atoms with Crippen LogP contribution in [-0.4, -0.2) is 29.7 Å². The molecule has 1 rings (SSSR count). The zero-order valence-corrected chi connectivity index (χ0v) is 13.0. The van der Waals surface area contributed by atoms with Gasteiger partial charge in [-0.1, -0.05) is 13.3 Å². The van der Waals surface area contributed by atoms with Crippen molar-refractivity contribution in [3.63, 3.8) is 0 Å². The molecule has 1 aromatic rings. The first-order valence-corrected chi connectivity index (χ1v) is 8.25. The van der Waals surface area contributed by atoms with Crippen molar-refractivity contribution in [2.45, 2.75) is 44.0 Å². The van der Waals surface area contributed by atoms with Gasteiger partial charge in [-0.3, -0.25) is 4.21 Å². The molecule has 2 atom stereocenters. The molecule has 2 unspecified atom stereocenters. The second-order valence-electron chi connectivity index (χ2n) is 4.68. The van der Waals surface area contributed by atoms with Gasteiger partial charge in [0.15, 0.2) is 0 Å². The van der Waals surface area contributed by atoms with Crippen LogP contribution in [0.4, 0.5) is 0 Å². The van der Waals surface area contributed by atoms with Crippen LogP contribution < -0.4 is 10.1 Å². The van der Waals surface area contributed by atoms with Crippen LogP contribution in [0.25, 0.3) is 0 Å². The molecular weight excluding hydrogens is 258 g/mol. The van der Waals surface area contributed by atoms with Gasteiger partial charge in [-0.25, -0.2) is 0 Å². The van der Waals surface area contributed by atoms with Crippen molar-refractivity contribution < 1.29 is 8.95 Å². The maximum absolute atomic E-state index is 12.1. The van der Waals surface area contributed by atoms with E-state index in [0.717, 1.165) is 42.2 Å². The van der Waals surface area contributed by atoms with Gasteiger partial charge in [0, 0.05) is 16.7 Å². The van der Waals surface area contributed by atoms with Gasteiger partial charge < -0.3 is 10.1 Å². The molecule has 0 aliphatic rings. The lowest BCUT2D eigenvalue weighted by Gasteiger charge is -2.11. The molecule has 19 heavy (non-hydrogen) atoms. The average molecular weight is 283 g/mol. The van der Waals surface area contributed by atoms with E-state index < -0.39 is 10.8 Å². The maximum atomic E-state index is 12.1. The minimum Gasteiger partial charge on any atom is -0.497 e. The maximum Gasteiger partial charge on any atom is 0.118 e. The van der Waals surface area contributed by atoms with Crippen LogP contribution in [0.15, 0.2) is 29.2 Å². The Morgan fingerprint density at radius 3 is 2.53 bits per heavy atom. The van der Waals surface area contributed by atoms with Crippen molar-refractivity contribution in [1.29, 1.82) is 0 Å². The predicted molar refractivity (Wildman–Crippen MR) is 81.3 cm³/mol. The van der Waals surface area contributed by atoms with E-state index in [1.807, 2.05) is 24.3 Å². The fourth-order valence-corrected chi connectivity index (χ4v) is 3.12. The molecule has 0 radical (unpaired) electrons. The Morgan fingerprint density at radius 1 is 1.26 bits per heavy atom. The van der Waals surface area contributed by atoms with Gasteiger partial charge in [0.05, 0.1) is 17.9 Å². The first-order valence-electron chi connectivity index (χ1n) is 6.93. The number of hydrogen-bond donors (Lipinski definition) is 1. The Bertz CT molecular complexity index is 378. The zero-order valence-electron chi connectivity index (χ0n) is 12.1. The molecule has 0 saturated heterocycles. The number of rotatable bonds is 9. The summed E-state index contributed by atoms with van der Waals surface area (Å²) in [4.78, 5) is 0.889. The Hall–Kier alpha value is -0.870. The van der Waals surface area contributed by atoms with Crippen molar-refractivity contribution in [2.24, 2.45) is 0 Å². The molecule has 0 aliphatic heterocycles. The monoisotopic (exact) mass is 283 g/mol. The minimum absolute atomic E-state index is 0.555. The van der Waals surface area contributed by atoms with Crippen molar-refractivity contribution >= 4 is 10.8 Å². The number of unbranched alkanes of at least 4 members (excludes halogenated alkanes) is 1. The quantitative estimate of drug-likeness (QED) is 0.708. The SMILES string of the molecule is CCNC(C)CCCCS(=O)c1ccc(OC)cc1. The van der Waals surface area contributed by atoms with Crippen molar-refractivity contribution in [2.75, 3.05) is 19.4 Å². The molecule has 1 N–H and O–H groups in total. The van der Waals surface area contributed by atoms with Gasteiger partial charge in [-0.15, -0.1) is 0 Å². The van der Waals surface area contributed by atoms with E-state index in [4.69, 9.17) is 4.74 Å². The van der Waals surface area contributed by atoms with E-state index in [-0.39, 0.29) is 0 Å². The van der Waals surface area contributed by atoms with Crippen molar-refractivity contribution in [3.05, 3.63) is 24.3 Å². The lowest BCUT2D eigenvalue weighted by Crippen LogP contribution is -2.25. The molecule has 0 bridgehead atoms. The number of nitrogens with one attached hydrogen (secondary N) is 1. The standard InChI is InChI=1S/C15H25NO2S/c1-4-16-13(2)7-5-6-12-19(17)15-10-8-14(18-3)9-11-15/h8-11,13,16H,4-7,12H2,1-3H3. The van der Waals surface area contributed by atoms with Crippen LogP contribution in [-0.2, 0) is 10.8 Å². The molecule has 1 aromatic carbocycles. The summed E-state index contributed by atoms with van der Waals surface area (Å²) in [5.74, 6) is 1.55. The van der Waals surface area contributed by atoms with Gasteiger partial charge >= 0.3 is 0 Å². The summed E-state index contributed by atoms with van der Waals surface area (Å²) in [6.07, 6.45) is 3.28. The average Bonchev–Trinajstić information content (AvgIpc) is 2.44. The third-order valence-corrected chi connectivity index (χ3v) is 4.55. The summed E-state index contributed by atoms with van der Waals surface area (Å²) in [7, 11) is 0.748. The molecule has 108 valence electrons. The highest BCUT2D eigenvalue weighted by Gasteiger charge is 2.05. The van der Waals surface area contributed by atoms with E-state index in [2.05, 4.69) is 19.2 Å². The molecule has 4 heteroatoms. The number of hydrogen-bond acceptors (Lipinski definition) is 3. The Kier molecular flexibility index (Phi) is 7.75. The van der Waals surface area contributed by atoms with E-state index in [1.54, 1.807) is 7.11 Å². The number of ether oxygens (including phenoxy) is 1. The largest absolute Gasteiger partial charge is 0.497 e. The predicted octanol–water partition coefficient (Wildman–Crippen LogP) is 2.97. The minimum atomic E-state index is -0.888. The van der Waals surface area contributed by atoms with E-state index >= 15 is 0 Å². The first-order chi connectivity index (χ1) is 9.17. The Balaban J connectivity index is 2.27. The van der Waals surface area contributed by atoms with Crippen LogP contribution in [0.5, 0.6) is 5.75 Å². The second-order valence-corrected chi connectivity index (χ2v) is 6.25. The van der Waals surface area contributed by atoms with Crippen LogP contribution in [0, 0.1) is 0 Å². The van der Waals surface area contributed by atoms with Gasteiger partial charge in [-0.2, -0.15) is 0 Å². The molecule has 0 saturated carbocycles. The molecular formula is C15H25NO2S. The molecule has 0 aliphatic carbocycles. The highest BCUT2D eigenvalue weighted by molar-refractivity contribution is 7.85. The van der Waals surface area contributed by atoms with Crippen molar-refractivity contribution in [1.82, 2.24) is 5.32 Å². The Morgan fingerprint density at radius 2 is 1.95 bits per heavy atom. The number of methoxy groups -OCH3 is 1. The molecule has 3 nitrogen and oxygen atoms in total. The number of benzene rings is 1. The highest BCUT2D eigenvalue weighted by Crippen LogP contribution is 2.15. The fourth-order valence-electron chi connectivity index (χ4n) is 1.98. The van der Waals surface area contributed by atoms with Gasteiger partial charge in [0.25, 0.3) is 0 Å². The molecule has 0 spiro atoms. The van der Waals surface area contributed by atoms with E-state index in [1.165, 1.54) is 0 Å². The van der Waals surface area contributed by atoms with E-state index in [9.17, 15) is 4.21 Å². The summed E-state index contributed by atoms with van der Waals surface area (Å²) in [6, 6.07) is 8.05. The molecule has 0 heterocycles.